The van der Waals surface area contributed by atoms with Gasteiger partial charge in [0, 0.05) is 32.4 Å². The van der Waals surface area contributed by atoms with E-state index in [1.165, 1.54) is 14.2 Å². The molecule has 0 bridgehead atoms. The molecule has 6 amide bonds. The highest BCUT2D eigenvalue weighted by Gasteiger charge is 2.37. The molecule has 0 aromatic heterocycles. The molecule has 1 rings (SSSR count). The Balaban J connectivity index is 2.87. The highest BCUT2D eigenvalue weighted by atomic mass is 16.5. The highest BCUT2D eigenvalue weighted by Crippen LogP contribution is 2.12. The summed E-state index contributed by atoms with van der Waals surface area (Å²) in [7, 11) is 2.81. The maximum Gasteiger partial charge on any atom is 0.326 e. The molecule has 0 saturated carbocycles. The second-order valence-corrected chi connectivity index (χ2v) is 10.3. The molecule has 10 N–H and O–H groups in total. The molecule has 0 aliphatic carbocycles. The predicted octanol–water partition coefficient (Wildman–Crippen LogP) is -3.89. The fourth-order valence-corrected chi connectivity index (χ4v) is 4.13. The number of methoxy groups -OCH3 is 1. The molecule has 18 nitrogen and oxygen atoms in total. The quantitative estimate of drug-likeness (QED) is 0.0272. The summed E-state index contributed by atoms with van der Waals surface area (Å²) >= 11 is 0. The molecule has 246 valence electrons. The van der Waals surface area contributed by atoms with Crippen molar-refractivity contribution in [3.05, 3.63) is 12.2 Å². The molecule has 0 saturated heterocycles. The van der Waals surface area contributed by atoms with Gasteiger partial charge in [-0.2, -0.15) is 0 Å². The van der Waals surface area contributed by atoms with Gasteiger partial charge >= 0.3 is 5.97 Å². The largest absolute Gasteiger partial charge is 0.480 e. The summed E-state index contributed by atoms with van der Waals surface area (Å²) < 4.78 is 5.04. The lowest BCUT2D eigenvalue weighted by Crippen LogP contribution is -2.60. The summed E-state index contributed by atoms with van der Waals surface area (Å²) in [5.41, 5.74) is 5.17. The Kier molecular flexibility index (Phi) is 16.0. The third-order valence-electron chi connectivity index (χ3n) is 6.20. The molecule has 0 radical (unpaired) electrons. The normalized spacial score (nSPS) is 15.2. The van der Waals surface area contributed by atoms with E-state index in [9.17, 15) is 38.7 Å². The first-order valence-corrected chi connectivity index (χ1v) is 13.9. The van der Waals surface area contributed by atoms with Gasteiger partial charge in [-0.1, -0.05) is 13.8 Å². The van der Waals surface area contributed by atoms with Gasteiger partial charge < -0.3 is 47.5 Å². The van der Waals surface area contributed by atoms with Crippen molar-refractivity contribution in [1.29, 1.82) is 5.41 Å². The fraction of sp³-hybridized carbons (Fsp3) is 0.615. The highest BCUT2D eigenvalue weighted by molar-refractivity contribution is 6.15. The molecule has 18 heteroatoms. The minimum atomic E-state index is -1.29. The number of likely N-dealkylation sites (N-methyl/N-ethyl adjacent to an activating group) is 1. The number of nitrogens with one attached hydrogen (secondary N) is 7. The molecule has 4 atom stereocenters. The second kappa shape index (κ2) is 18.9. The zero-order valence-electron chi connectivity index (χ0n) is 25.2. The molecule has 44 heavy (non-hydrogen) atoms. The number of ether oxygens (including phenoxy) is 1. The number of hydrogen-bond donors (Lipinski definition) is 9. The van der Waals surface area contributed by atoms with Crippen LogP contribution in [0.15, 0.2) is 12.2 Å². The number of carboxylic acid groups (broad SMARTS) is 1. The summed E-state index contributed by atoms with van der Waals surface area (Å²) in [6.07, 6.45) is 2.55. The Labute approximate surface area is 254 Å². The van der Waals surface area contributed by atoms with Crippen LogP contribution >= 0.6 is 0 Å². The van der Waals surface area contributed by atoms with E-state index in [-0.39, 0.29) is 50.8 Å². The van der Waals surface area contributed by atoms with Crippen LogP contribution in [0.1, 0.15) is 33.1 Å². The Bertz CT molecular complexity index is 1090. The van der Waals surface area contributed by atoms with Gasteiger partial charge in [0.15, 0.2) is 5.96 Å². The van der Waals surface area contributed by atoms with Gasteiger partial charge in [-0.25, -0.2) is 4.79 Å². The standard InChI is InChI=1S/C26H43N9O9/c1-14(2)10-16(33-24(41)18(11-29-3)35-20(37)7-8-21(35)38)23(40)34-17(13-44-4)22(39)31-12-19(36)32-15(25(42)43)6-5-9-30-26(27)28/h7-8,14-18,29H,5-6,9-13H2,1-4H3,(H,31,39)(H,32,36)(H,33,41)(H,34,40)(H,42,43)(H4,27,28,30)/t15-,16-,17-,18-/m0/s1. The van der Waals surface area contributed by atoms with Crippen LogP contribution in [0, 0.1) is 11.3 Å². The molecule has 0 fully saturated rings. The lowest BCUT2D eigenvalue weighted by molar-refractivity contribution is -0.146. The fourth-order valence-electron chi connectivity index (χ4n) is 4.13. The topological polar surface area (TPSA) is 274 Å². The Hall–Kier alpha value is -4.58. The van der Waals surface area contributed by atoms with Crippen LogP contribution in [0.4, 0.5) is 0 Å². The molecular weight excluding hydrogens is 582 g/mol. The maximum absolute atomic E-state index is 13.3. The van der Waals surface area contributed by atoms with Gasteiger partial charge in [-0.3, -0.25) is 39.1 Å². The van der Waals surface area contributed by atoms with Gasteiger partial charge in [0.25, 0.3) is 11.8 Å². The number of rotatable bonds is 20. The van der Waals surface area contributed by atoms with Crippen molar-refractivity contribution < 1.29 is 43.4 Å². The van der Waals surface area contributed by atoms with Gasteiger partial charge in [0.2, 0.25) is 23.6 Å². The first kappa shape index (κ1) is 37.4. The van der Waals surface area contributed by atoms with E-state index in [0.29, 0.717) is 0 Å². The van der Waals surface area contributed by atoms with Crippen LogP contribution in [-0.2, 0) is 38.3 Å². The molecule has 1 aliphatic heterocycles. The third-order valence-corrected chi connectivity index (χ3v) is 6.20. The summed E-state index contributed by atoms with van der Waals surface area (Å²) in [5, 5.41) is 31.4. The van der Waals surface area contributed by atoms with Crippen molar-refractivity contribution >= 4 is 47.4 Å². The van der Waals surface area contributed by atoms with Crippen LogP contribution in [0.3, 0.4) is 0 Å². The van der Waals surface area contributed by atoms with E-state index in [1.807, 2.05) is 0 Å². The van der Waals surface area contributed by atoms with Crippen molar-refractivity contribution in [2.75, 3.05) is 40.4 Å². The molecule has 0 aromatic carbocycles. The Morgan fingerprint density at radius 3 is 2.09 bits per heavy atom. The van der Waals surface area contributed by atoms with E-state index in [2.05, 4.69) is 31.9 Å². The van der Waals surface area contributed by atoms with Crippen molar-refractivity contribution in [1.82, 2.24) is 36.8 Å². The number of guanidine groups is 1. The average Bonchev–Trinajstić information content (AvgIpc) is 3.27. The van der Waals surface area contributed by atoms with Crippen molar-refractivity contribution in [2.24, 2.45) is 11.7 Å². The minimum absolute atomic E-state index is 0.0341. The van der Waals surface area contributed by atoms with Gasteiger partial charge in [-0.15, -0.1) is 0 Å². The van der Waals surface area contributed by atoms with E-state index in [1.54, 1.807) is 13.8 Å². The number of nitrogens with two attached hydrogens (primary N) is 1. The van der Waals surface area contributed by atoms with Gasteiger partial charge in [0.1, 0.15) is 24.2 Å². The number of amides is 6. The van der Waals surface area contributed by atoms with E-state index in [0.717, 1.165) is 17.1 Å². The lowest BCUT2D eigenvalue weighted by Gasteiger charge is -2.28. The summed E-state index contributed by atoms with van der Waals surface area (Å²) in [6.45, 7) is 2.86. The smallest absolute Gasteiger partial charge is 0.326 e. The second-order valence-electron chi connectivity index (χ2n) is 10.3. The Morgan fingerprint density at radius 2 is 1.57 bits per heavy atom. The van der Waals surface area contributed by atoms with Crippen LogP contribution in [0.2, 0.25) is 0 Å². The summed E-state index contributed by atoms with van der Waals surface area (Å²) in [6, 6.07) is -4.95. The number of nitrogens with zero attached hydrogens (tertiary/aromatic N) is 1. The zero-order chi connectivity index (χ0) is 33.4. The third kappa shape index (κ3) is 12.7. The minimum Gasteiger partial charge on any atom is -0.480 e. The number of hydrogen-bond acceptors (Lipinski definition) is 10. The first-order chi connectivity index (χ1) is 20.7. The van der Waals surface area contributed by atoms with Crippen LogP contribution in [0.5, 0.6) is 0 Å². The molecule has 1 heterocycles. The average molecular weight is 626 g/mol. The molecule has 0 spiro atoms. The maximum atomic E-state index is 13.3. The van der Waals surface area contributed by atoms with Crippen LogP contribution < -0.4 is 37.6 Å². The van der Waals surface area contributed by atoms with E-state index >= 15 is 0 Å². The van der Waals surface area contributed by atoms with Crippen molar-refractivity contribution in [3.63, 3.8) is 0 Å². The molecule has 1 aliphatic rings. The van der Waals surface area contributed by atoms with E-state index in [4.69, 9.17) is 15.9 Å². The SMILES string of the molecule is CNC[C@@H](C(=O)N[C@@H](CC(C)C)C(=O)N[C@@H](COC)C(=O)NCC(=O)N[C@@H](CCCNC(=N)N)C(=O)O)N1C(=O)C=CC1=O. The molecular formula is C26H43N9O9. The number of imide groups is 1. The summed E-state index contributed by atoms with van der Waals surface area (Å²) in [4.78, 5) is 88.2. The molecule has 0 aromatic rings. The van der Waals surface area contributed by atoms with Crippen LogP contribution in [-0.4, -0.2) is 122 Å². The number of carboxylic acids is 1. The monoisotopic (exact) mass is 625 g/mol. The summed E-state index contributed by atoms with van der Waals surface area (Å²) in [5.74, 6) is -6.12. The van der Waals surface area contributed by atoms with Crippen molar-refractivity contribution in [2.45, 2.75) is 57.3 Å². The number of aliphatic carboxylic acids is 1. The van der Waals surface area contributed by atoms with Gasteiger partial charge in [-0.05, 0) is 32.2 Å². The molecule has 0 unspecified atom stereocenters. The van der Waals surface area contributed by atoms with Crippen molar-refractivity contribution in [3.8, 4) is 0 Å². The Morgan fingerprint density at radius 1 is 0.955 bits per heavy atom. The number of carbonyl (C=O) groups is 7. The van der Waals surface area contributed by atoms with Crippen LogP contribution in [0.25, 0.3) is 0 Å². The van der Waals surface area contributed by atoms with Gasteiger partial charge in [0.05, 0.1) is 13.2 Å². The lowest BCUT2D eigenvalue weighted by atomic mass is 10.0. The van der Waals surface area contributed by atoms with E-state index < -0.39 is 72.1 Å². The predicted molar refractivity (Wildman–Crippen MR) is 156 cm³/mol. The zero-order valence-corrected chi connectivity index (χ0v) is 25.2. The number of carbonyl (C=O) groups excluding carboxylic acids is 6. The first-order valence-electron chi connectivity index (χ1n) is 13.9.